The summed E-state index contributed by atoms with van der Waals surface area (Å²) in [5.74, 6) is -0.00894. The average molecular weight is 217 g/mol. The van der Waals surface area contributed by atoms with Crippen LogP contribution in [0.15, 0.2) is 33.6 Å². The number of aromatic nitrogens is 1. The number of carbonyl (C=O) groups excluding carboxylic acids is 1. The minimum atomic E-state index is -0.386. The average Bonchev–Trinajstić information content (AvgIpc) is 2.60. The van der Waals surface area contributed by atoms with Gasteiger partial charge in [0, 0.05) is 11.1 Å². The fourth-order valence-electron chi connectivity index (χ4n) is 1.52. The van der Waals surface area contributed by atoms with E-state index in [1.165, 1.54) is 6.92 Å². The maximum Gasteiger partial charge on any atom is 0.360 e. The minimum absolute atomic E-state index is 0.00894. The van der Waals surface area contributed by atoms with Crippen LogP contribution in [0.4, 0.5) is 0 Å². The second-order valence-corrected chi connectivity index (χ2v) is 3.63. The zero-order chi connectivity index (χ0) is 11.7. The molecule has 16 heavy (non-hydrogen) atoms. The molecule has 0 bridgehead atoms. The normalized spacial score (nSPS) is 10.4. The summed E-state index contributed by atoms with van der Waals surface area (Å²) in [4.78, 5) is 22.4. The predicted octanol–water partition coefficient (Wildman–Crippen LogP) is 2.15. The van der Waals surface area contributed by atoms with Gasteiger partial charge in [0.25, 0.3) is 0 Å². The summed E-state index contributed by atoms with van der Waals surface area (Å²) in [6.45, 7) is 3.18. The van der Waals surface area contributed by atoms with Crippen LogP contribution in [0.3, 0.4) is 0 Å². The molecule has 4 heteroatoms. The summed E-state index contributed by atoms with van der Waals surface area (Å²) in [5.41, 5.74) is 2.13. The lowest BCUT2D eigenvalue weighted by atomic mass is 10.0. The second kappa shape index (κ2) is 3.81. The van der Waals surface area contributed by atoms with E-state index in [4.69, 9.17) is 0 Å². The number of hydrogen-bond acceptors (Lipinski definition) is 3. The number of H-pyrrole nitrogens is 1. The molecule has 0 aliphatic heterocycles. The van der Waals surface area contributed by atoms with E-state index in [-0.39, 0.29) is 11.4 Å². The maximum atomic E-state index is 11.2. The van der Waals surface area contributed by atoms with Crippen LogP contribution in [-0.2, 0) is 0 Å². The molecule has 82 valence electrons. The van der Waals surface area contributed by atoms with Crippen LogP contribution in [-0.4, -0.2) is 10.9 Å². The molecule has 0 saturated heterocycles. The quantitative estimate of drug-likeness (QED) is 0.784. The molecule has 0 aliphatic rings. The Hall–Kier alpha value is -2.10. The molecule has 0 fully saturated rings. The van der Waals surface area contributed by atoms with E-state index >= 15 is 0 Å². The summed E-state index contributed by atoms with van der Waals surface area (Å²) >= 11 is 0. The van der Waals surface area contributed by atoms with Crippen molar-refractivity contribution in [2.75, 3.05) is 0 Å². The number of hydrogen-bond donors (Lipinski definition) is 1. The van der Waals surface area contributed by atoms with Crippen molar-refractivity contribution in [3.05, 3.63) is 45.8 Å². The second-order valence-electron chi connectivity index (χ2n) is 3.63. The highest BCUT2D eigenvalue weighted by atomic mass is 16.5. The lowest BCUT2D eigenvalue weighted by Gasteiger charge is -2.00. The van der Waals surface area contributed by atoms with Crippen molar-refractivity contribution in [2.45, 2.75) is 13.8 Å². The van der Waals surface area contributed by atoms with Crippen LogP contribution < -0.4 is 5.63 Å². The molecule has 0 radical (unpaired) electrons. The van der Waals surface area contributed by atoms with Gasteiger partial charge in [-0.1, -0.05) is 18.2 Å². The van der Waals surface area contributed by atoms with E-state index in [1.54, 1.807) is 25.1 Å². The van der Waals surface area contributed by atoms with Crippen molar-refractivity contribution >= 4 is 5.78 Å². The standard InChI is InChI=1S/C12H11NO3/c1-7-11(13-16-12(7)15)10-5-3-4-9(6-10)8(2)14/h3-6,13H,1-2H3. The van der Waals surface area contributed by atoms with Gasteiger partial charge in [-0.2, -0.15) is 0 Å². The molecule has 1 N–H and O–H groups in total. The molecule has 1 aromatic carbocycles. The first-order chi connectivity index (χ1) is 7.59. The fourth-order valence-corrected chi connectivity index (χ4v) is 1.52. The predicted molar refractivity (Wildman–Crippen MR) is 59.5 cm³/mol. The van der Waals surface area contributed by atoms with Crippen molar-refractivity contribution in [1.82, 2.24) is 5.16 Å². The van der Waals surface area contributed by atoms with Gasteiger partial charge in [0.15, 0.2) is 5.78 Å². The lowest BCUT2D eigenvalue weighted by Crippen LogP contribution is -1.96. The Kier molecular flexibility index (Phi) is 2.48. The Morgan fingerprint density at radius 3 is 2.69 bits per heavy atom. The molecule has 0 spiro atoms. The summed E-state index contributed by atoms with van der Waals surface area (Å²) in [7, 11) is 0. The van der Waals surface area contributed by atoms with Crippen LogP contribution in [0.5, 0.6) is 0 Å². The summed E-state index contributed by atoms with van der Waals surface area (Å²) in [6, 6.07) is 7.06. The monoisotopic (exact) mass is 217 g/mol. The van der Waals surface area contributed by atoms with E-state index in [0.717, 1.165) is 5.56 Å². The topological polar surface area (TPSA) is 63.1 Å². The molecule has 0 unspecified atom stereocenters. The largest absolute Gasteiger partial charge is 0.360 e. The Bertz CT molecular complexity index is 592. The van der Waals surface area contributed by atoms with Crippen molar-refractivity contribution in [1.29, 1.82) is 0 Å². The SMILES string of the molecule is CC(=O)c1cccc(-c2[nH]oc(=O)c2C)c1. The number of Topliss-reactive ketones (excluding diaryl/α,β-unsaturated/α-hetero) is 1. The number of rotatable bonds is 2. The first-order valence-corrected chi connectivity index (χ1v) is 4.89. The molecule has 1 aromatic heterocycles. The van der Waals surface area contributed by atoms with Gasteiger partial charge in [-0.25, -0.2) is 9.95 Å². The van der Waals surface area contributed by atoms with Crippen LogP contribution >= 0.6 is 0 Å². The molecule has 0 aliphatic carbocycles. The zero-order valence-corrected chi connectivity index (χ0v) is 9.03. The van der Waals surface area contributed by atoms with Gasteiger partial charge in [0.05, 0.1) is 11.3 Å². The van der Waals surface area contributed by atoms with E-state index in [9.17, 15) is 9.59 Å². The molecule has 2 aromatic rings. The Morgan fingerprint density at radius 2 is 2.12 bits per heavy atom. The highest BCUT2D eigenvalue weighted by molar-refractivity contribution is 5.95. The van der Waals surface area contributed by atoms with Gasteiger partial charge in [-0.15, -0.1) is 0 Å². The highest BCUT2D eigenvalue weighted by Gasteiger charge is 2.10. The van der Waals surface area contributed by atoms with Crippen LogP contribution in [0, 0.1) is 6.92 Å². The van der Waals surface area contributed by atoms with Gasteiger partial charge in [-0.3, -0.25) is 4.79 Å². The lowest BCUT2D eigenvalue weighted by molar-refractivity contribution is 0.101. The van der Waals surface area contributed by atoms with Crippen LogP contribution in [0.25, 0.3) is 11.3 Å². The number of benzene rings is 1. The van der Waals surface area contributed by atoms with Gasteiger partial charge in [0.1, 0.15) is 0 Å². The van der Waals surface area contributed by atoms with Crippen LogP contribution in [0.1, 0.15) is 22.8 Å². The number of ketones is 1. The van der Waals surface area contributed by atoms with E-state index in [1.807, 2.05) is 6.07 Å². The van der Waals surface area contributed by atoms with Crippen molar-refractivity contribution < 1.29 is 9.32 Å². The van der Waals surface area contributed by atoms with Crippen LogP contribution in [0.2, 0.25) is 0 Å². The number of aromatic amines is 1. The van der Waals surface area contributed by atoms with E-state index < -0.39 is 0 Å². The molecule has 4 nitrogen and oxygen atoms in total. The Labute approximate surface area is 91.9 Å². The van der Waals surface area contributed by atoms with Crippen molar-refractivity contribution in [3.63, 3.8) is 0 Å². The molecule has 0 saturated carbocycles. The molecule has 0 atom stereocenters. The third-order valence-electron chi connectivity index (χ3n) is 2.48. The minimum Gasteiger partial charge on any atom is -0.338 e. The fraction of sp³-hybridized carbons (Fsp3) is 0.167. The van der Waals surface area contributed by atoms with Gasteiger partial charge >= 0.3 is 5.63 Å². The van der Waals surface area contributed by atoms with Gasteiger partial charge in [-0.05, 0) is 19.9 Å². The molecule has 0 amide bonds. The zero-order valence-electron chi connectivity index (χ0n) is 9.03. The smallest absolute Gasteiger partial charge is 0.338 e. The third-order valence-corrected chi connectivity index (χ3v) is 2.48. The molecule has 2 rings (SSSR count). The third kappa shape index (κ3) is 1.69. The number of nitrogens with one attached hydrogen (secondary N) is 1. The van der Waals surface area contributed by atoms with Crippen molar-refractivity contribution in [3.8, 4) is 11.3 Å². The Morgan fingerprint density at radius 1 is 1.38 bits per heavy atom. The summed E-state index contributed by atoms with van der Waals surface area (Å²) in [5, 5.41) is 2.56. The number of carbonyl (C=O) groups is 1. The van der Waals surface area contributed by atoms with E-state index in [2.05, 4.69) is 9.68 Å². The van der Waals surface area contributed by atoms with Crippen molar-refractivity contribution in [2.24, 2.45) is 0 Å². The Balaban J connectivity index is 2.57. The van der Waals surface area contributed by atoms with Gasteiger partial charge < -0.3 is 4.52 Å². The highest BCUT2D eigenvalue weighted by Crippen LogP contribution is 2.20. The summed E-state index contributed by atoms with van der Waals surface area (Å²) in [6.07, 6.45) is 0. The molecule has 1 heterocycles. The van der Waals surface area contributed by atoms with E-state index in [0.29, 0.717) is 16.8 Å². The van der Waals surface area contributed by atoms with Gasteiger partial charge in [0.2, 0.25) is 0 Å². The molecular formula is C12H11NO3. The summed E-state index contributed by atoms with van der Waals surface area (Å²) < 4.78 is 4.68. The first kappa shape index (κ1) is 10.4. The first-order valence-electron chi connectivity index (χ1n) is 4.89. The molecular weight excluding hydrogens is 206 g/mol. The maximum absolute atomic E-state index is 11.2.